The highest BCUT2D eigenvalue weighted by atomic mass is 16.3. The highest BCUT2D eigenvalue weighted by Crippen LogP contribution is 2.43. The maximum atomic E-state index is 9.70. The van der Waals surface area contributed by atoms with Gasteiger partial charge < -0.3 is 5.11 Å². The summed E-state index contributed by atoms with van der Waals surface area (Å²) in [6.07, 6.45) is 4.31. The minimum atomic E-state index is -0.278. The Hall–Kier alpha value is -0.0400. The van der Waals surface area contributed by atoms with Crippen LogP contribution in [0, 0.1) is 11.8 Å². The molecule has 1 aliphatic rings. The standard InChI is InChI=1S/C10H20O/c1-4-10(11)6-9(7-10)5-8(2)3/h8-9,11H,4-7H2,1-3H3. The number of aliphatic hydroxyl groups is 1. The van der Waals surface area contributed by atoms with Crippen LogP contribution in [0.15, 0.2) is 0 Å². The number of hydrogen-bond acceptors (Lipinski definition) is 1. The van der Waals surface area contributed by atoms with Crippen LogP contribution in [0.2, 0.25) is 0 Å². The van der Waals surface area contributed by atoms with Crippen molar-refractivity contribution in [3.05, 3.63) is 0 Å². The maximum absolute atomic E-state index is 9.70. The number of rotatable bonds is 3. The molecule has 1 N–H and O–H groups in total. The van der Waals surface area contributed by atoms with Crippen molar-refractivity contribution in [2.24, 2.45) is 11.8 Å². The zero-order chi connectivity index (χ0) is 8.48. The zero-order valence-corrected chi connectivity index (χ0v) is 7.93. The van der Waals surface area contributed by atoms with E-state index in [0.29, 0.717) is 0 Å². The van der Waals surface area contributed by atoms with Gasteiger partial charge in [-0.15, -0.1) is 0 Å². The third-order valence-corrected chi connectivity index (χ3v) is 2.80. The van der Waals surface area contributed by atoms with Crippen molar-refractivity contribution in [1.82, 2.24) is 0 Å². The Morgan fingerprint density at radius 1 is 1.45 bits per heavy atom. The molecule has 1 heteroatoms. The van der Waals surface area contributed by atoms with Gasteiger partial charge in [-0.05, 0) is 37.5 Å². The van der Waals surface area contributed by atoms with Crippen molar-refractivity contribution in [3.8, 4) is 0 Å². The summed E-state index contributed by atoms with van der Waals surface area (Å²) < 4.78 is 0. The first kappa shape index (κ1) is 9.05. The fourth-order valence-electron chi connectivity index (χ4n) is 2.14. The molecule has 0 aromatic rings. The molecule has 1 fully saturated rings. The van der Waals surface area contributed by atoms with E-state index in [4.69, 9.17) is 0 Å². The molecule has 0 spiro atoms. The summed E-state index contributed by atoms with van der Waals surface area (Å²) in [5.74, 6) is 1.60. The molecule has 0 heterocycles. The summed E-state index contributed by atoms with van der Waals surface area (Å²) in [6.45, 7) is 6.58. The molecule has 0 bridgehead atoms. The van der Waals surface area contributed by atoms with Crippen molar-refractivity contribution in [2.45, 2.75) is 52.1 Å². The van der Waals surface area contributed by atoms with Crippen LogP contribution in [0.4, 0.5) is 0 Å². The summed E-state index contributed by atoms with van der Waals surface area (Å²) in [4.78, 5) is 0. The van der Waals surface area contributed by atoms with Crippen molar-refractivity contribution in [1.29, 1.82) is 0 Å². The Morgan fingerprint density at radius 3 is 2.36 bits per heavy atom. The van der Waals surface area contributed by atoms with Crippen LogP contribution in [-0.2, 0) is 0 Å². The van der Waals surface area contributed by atoms with Gasteiger partial charge in [0.05, 0.1) is 5.60 Å². The van der Waals surface area contributed by atoms with E-state index in [-0.39, 0.29) is 5.60 Å². The van der Waals surface area contributed by atoms with E-state index in [1.165, 1.54) is 6.42 Å². The first-order chi connectivity index (χ1) is 5.06. The molecule has 0 radical (unpaired) electrons. The molecular weight excluding hydrogens is 136 g/mol. The first-order valence-electron chi connectivity index (χ1n) is 4.78. The van der Waals surface area contributed by atoms with Gasteiger partial charge in [0.2, 0.25) is 0 Å². The first-order valence-corrected chi connectivity index (χ1v) is 4.78. The molecular formula is C10H20O. The third-order valence-electron chi connectivity index (χ3n) is 2.80. The maximum Gasteiger partial charge on any atom is 0.0650 e. The van der Waals surface area contributed by atoms with E-state index in [9.17, 15) is 5.11 Å². The van der Waals surface area contributed by atoms with Crippen LogP contribution in [0.5, 0.6) is 0 Å². The summed E-state index contributed by atoms with van der Waals surface area (Å²) in [5.41, 5.74) is -0.278. The highest BCUT2D eigenvalue weighted by molar-refractivity contribution is 4.92. The Kier molecular flexibility index (Phi) is 2.58. The Balaban J connectivity index is 2.18. The van der Waals surface area contributed by atoms with Gasteiger partial charge in [0, 0.05) is 0 Å². The van der Waals surface area contributed by atoms with Gasteiger partial charge in [0.25, 0.3) is 0 Å². The molecule has 66 valence electrons. The van der Waals surface area contributed by atoms with Crippen molar-refractivity contribution in [3.63, 3.8) is 0 Å². The molecule has 0 aromatic heterocycles. The van der Waals surface area contributed by atoms with Crippen LogP contribution in [0.3, 0.4) is 0 Å². The van der Waals surface area contributed by atoms with E-state index in [1.807, 2.05) is 0 Å². The van der Waals surface area contributed by atoms with Gasteiger partial charge in [0.15, 0.2) is 0 Å². The van der Waals surface area contributed by atoms with E-state index >= 15 is 0 Å². The summed E-state index contributed by atoms with van der Waals surface area (Å²) in [7, 11) is 0. The lowest BCUT2D eigenvalue weighted by atomic mass is 9.67. The van der Waals surface area contributed by atoms with Gasteiger partial charge in [-0.3, -0.25) is 0 Å². The van der Waals surface area contributed by atoms with Gasteiger partial charge in [-0.2, -0.15) is 0 Å². The van der Waals surface area contributed by atoms with E-state index in [0.717, 1.165) is 31.1 Å². The number of hydrogen-bond donors (Lipinski definition) is 1. The summed E-state index contributed by atoms with van der Waals surface area (Å²) >= 11 is 0. The molecule has 1 rings (SSSR count). The Labute approximate surface area is 69.8 Å². The van der Waals surface area contributed by atoms with E-state index < -0.39 is 0 Å². The topological polar surface area (TPSA) is 20.2 Å². The smallest absolute Gasteiger partial charge is 0.0650 e. The lowest BCUT2D eigenvalue weighted by molar-refractivity contribution is -0.0807. The highest BCUT2D eigenvalue weighted by Gasteiger charge is 2.40. The average molecular weight is 156 g/mol. The Morgan fingerprint density at radius 2 is 2.00 bits per heavy atom. The molecule has 0 amide bonds. The van der Waals surface area contributed by atoms with Crippen molar-refractivity contribution >= 4 is 0 Å². The molecule has 0 unspecified atom stereocenters. The van der Waals surface area contributed by atoms with Crippen LogP contribution in [0.25, 0.3) is 0 Å². The second-order valence-electron chi connectivity index (χ2n) is 4.48. The zero-order valence-electron chi connectivity index (χ0n) is 7.93. The fraction of sp³-hybridized carbons (Fsp3) is 1.00. The fourth-order valence-corrected chi connectivity index (χ4v) is 2.14. The molecule has 0 atom stereocenters. The molecule has 1 nitrogen and oxygen atoms in total. The summed E-state index contributed by atoms with van der Waals surface area (Å²) in [5, 5.41) is 9.70. The lowest BCUT2D eigenvalue weighted by Crippen LogP contribution is -2.43. The summed E-state index contributed by atoms with van der Waals surface area (Å²) in [6, 6.07) is 0. The van der Waals surface area contributed by atoms with Crippen LogP contribution in [-0.4, -0.2) is 10.7 Å². The quantitative estimate of drug-likeness (QED) is 0.666. The van der Waals surface area contributed by atoms with Crippen molar-refractivity contribution < 1.29 is 5.11 Å². The predicted molar refractivity (Wildman–Crippen MR) is 47.4 cm³/mol. The van der Waals surface area contributed by atoms with E-state index in [1.54, 1.807) is 0 Å². The van der Waals surface area contributed by atoms with Gasteiger partial charge in [0.1, 0.15) is 0 Å². The largest absolute Gasteiger partial charge is 0.390 e. The SMILES string of the molecule is CCC1(O)CC(CC(C)C)C1. The van der Waals surface area contributed by atoms with Crippen molar-refractivity contribution in [2.75, 3.05) is 0 Å². The molecule has 11 heavy (non-hydrogen) atoms. The van der Waals surface area contributed by atoms with Crippen LogP contribution in [0.1, 0.15) is 46.5 Å². The van der Waals surface area contributed by atoms with Crippen LogP contribution < -0.4 is 0 Å². The minimum absolute atomic E-state index is 0.278. The van der Waals surface area contributed by atoms with Gasteiger partial charge in [-0.1, -0.05) is 20.8 Å². The van der Waals surface area contributed by atoms with Gasteiger partial charge in [-0.25, -0.2) is 0 Å². The lowest BCUT2D eigenvalue weighted by Gasteiger charge is -2.44. The molecule has 1 saturated carbocycles. The molecule has 0 aliphatic heterocycles. The van der Waals surface area contributed by atoms with Crippen LogP contribution >= 0.6 is 0 Å². The second-order valence-corrected chi connectivity index (χ2v) is 4.48. The minimum Gasteiger partial charge on any atom is -0.390 e. The average Bonchev–Trinajstić information content (AvgIpc) is 1.83. The normalized spacial score (nSPS) is 37.4. The van der Waals surface area contributed by atoms with E-state index in [2.05, 4.69) is 20.8 Å². The molecule has 0 aromatic carbocycles. The second kappa shape index (κ2) is 3.14. The van der Waals surface area contributed by atoms with Gasteiger partial charge >= 0.3 is 0 Å². The molecule has 0 saturated heterocycles. The molecule has 1 aliphatic carbocycles. The Bertz CT molecular complexity index is 123. The monoisotopic (exact) mass is 156 g/mol. The predicted octanol–water partition coefficient (Wildman–Crippen LogP) is 2.58. The third kappa shape index (κ3) is 2.19.